The zero-order chi connectivity index (χ0) is 15.2. The Bertz CT molecular complexity index is 436. The van der Waals surface area contributed by atoms with Crippen molar-refractivity contribution in [2.24, 2.45) is 0 Å². The number of nitrogens with one attached hydrogen (secondary N) is 2. The quantitative estimate of drug-likeness (QED) is 0.845. The molecule has 0 unspecified atom stereocenters. The summed E-state index contributed by atoms with van der Waals surface area (Å²) < 4.78 is 35.9. The molecule has 0 saturated heterocycles. The van der Waals surface area contributed by atoms with Crippen LogP contribution in [0.5, 0.6) is 0 Å². The molecular weight excluding hydrogens is 269 g/mol. The van der Waals surface area contributed by atoms with Crippen LogP contribution in [0.15, 0.2) is 18.2 Å². The fourth-order valence-corrected chi connectivity index (χ4v) is 1.90. The number of carbonyl (C=O) groups is 1. The van der Waals surface area contributed by atoms with Gasteiger partial charge in [-0.2, -0.15) is 13.2 Å². The molecule has 0 fully saturated rings. The van der Waals surface area contributed by atoms with E-state index in [9.17, 15) is 18.0 Å². The fourth-order valence-electron chi connectivity index (χ4n) is 1.90. The van der Waals surface area contributed by atoms with E-state index in [0.29, 0.717) is 0 Å². The maximum atomic E-state index is 12.0. The van der Waals surface area contributed by atoms with E-state index in [2.05, 4.69) is 5.32 Å². The Balaban J connectivity index is 2.63. The summed E-state index contributed by atoms with van der Waals surface area (Å²) in [6, 6.07) is 5.82. The number of para-hydroxylation sites is 1. The van der Waals surface area contributed by atoms with Crippen molar-refractivity contribution < 1.29 is 18.0 Å². The van der Waals surface area contributed by atoms with Gasteiger partial charge >= 0.3 is 6.18 Å². The maximum Gasteiger partial charge on any atom is 0.405 e. The summed E-state index contributed by atoms with van der Waals surface area (Å²) in [5.74, 6) is -0.671. The molecule has 112 valence electrons. The third-order valence-electron chi connectivity index (χ3n) is 2.91. The summed E-state index contributed by atoms with van der Waals surface area (Å²) in [6.07, 6.45) is -2.80. The van der Waals surface area contributed by atoms with Crippen molar-refractivity contribution in [2.75, 3.05) is 18.4 Å². The van der Waals surface area contributed by atoms with Crippen LogP contribution in [-0.4, -0.2) is 25.2 Å². The standard InChI is InChI=1S/C14H19F3N2O/c1-3-10-6-5-7-11(4-2)13(10)18-8-12(20)19-9-14(15,16)17/h5-7,18H,3-4,8-9H2,1-2H3,(H,19,20). The lowest BCUT2D eigenvalue weighted by Crippen LogP contribution is -2.37. The Morgan fingerprint density at radius 3 is 2.15 bits per heavy atom. The summed E-state index contributed by atoms with van der Waals surface area (Å²) in [4.78, 5) is 11.4. The fraction of sp³-hybridized carbons (Fsp3) is 0.500. The Kier molecular flexibility index (Phi) is 5.85. The smallest absolute Gasteiger partial charge is 0.376 e. The van der Waals surface area contributed by atoms with Crippen LogP contribution in [0.1, 0.15) is 25.0 Å². The highest BCUT2D eigenvalue weighted by Crippen LogP contribution is 2.22. The van der Waals surface area contributed by atoms with Crippen LogP contribution in [0.3, 0.4) is 0 Å². The van der Waals surface area contributed by atoms with E-state index in [1.807, 2.05) is 37.4 Å². The molecule has 0 bridgehead atoms. The average molecular weight is 288 g/mol. The van der Waals surface area contributed by atoms with Crippen molar-refractivity contribution in [3.63, 3.8) is 0 Å². The third-order valence-corrected chi connectivity index (χ3v) is 2.91. The van der Waals surface area contributed by atoms with Crippen molar-refractivity contribution >= 4 is 11.6 Å². The molecule has 1 aromatic rings. The topological polar surface area (TPSA) is 41.1 Å². The lowest BCUT2D eigenvalue weighted by Gasteiger charge is -2.15. The SMILES string of the molecule is CCc1cccc(CC)c1NCC(=O)NCC(F)(F)F. The van der Waals surface area contributed by atoms with Crippen LogP contribution in [0.2, 0.25) is 0 Å². The molecule has 0 heterocycles. The lowest BCUT2D eigenvalue weighted by molar-refractivity contribution is -0.137. The molecule has 0 aromatic heterocycles. The first-order valence-corrected chi connectivity index (χ1v) is 6.55. The van der Waals surface area contributed by atoms with Crippen molar-refractivity contribution in [3.05, 3.63) is 29.3 Å². The highest BCUT2D eigenvalue weighted by Gasteiger charge is 2.27. The van der Waals surface area contributed by atoms with Crippen molar-refractivity contribution in [1.82, 2.24) is 5.32 Å². The van der Waals surface area contributed by atoms with Gasteiger partial charge in [0.2, 0.25) is 5.91 Å². The maximum absolute atomic E-state index is 12.0. The van der Waals surface area contributed by atoms with E-state index >= 15 is 0 Å². The molecule has 0 spiro atoms. The number of amides is 1. The van der Waals surface area contributed by atoms with Crippen LogP contribution >= 0.6 is 0 Å². The summed E-state index contributed by atoms with van der Waals surface area (Å²) in [5.41, 5.74) is 2.95. The van der Waals surface area contributed by atoms with Crippen LogP contribution in [-0.2, 0) is 17.6 Å². The molecule has 0 aliphatic heterocycles. The van der Waals surface area contributed by atoms with Gasteiger partial charge in [0, 0.05) is 5.69 Å². The largest absolute Gasteiger partial charge is 0.405 e. The lowest BCUT2D eigenvalue weighted by atomic mass is 10.0. The predicted molar refractivity (Wildman–Crippen MR) is 72.8 cm³/mol. The number of hydrogen-bond acceptors (Lipinski definition) is 2. The second-order valence-electron chi connectivity index (χ2n) is 4.40. The highest BCUT2D eigenvalue weighted by atomic mass is 19.4. The first kappa shape index (κ1) is 16.3. The van der Waals surface area contributed by atoms with E-state index in [-0.39, 0.29) is 6.54 Å². The number of halogens is 3. The molecule has 1 amide bonds. The molecule has 3 nitrogen and oxygen atoms in total. The molecule has 0 aliphatic carbocycles. The number of aryl methyl sites for hydroxylation is 2. The van der Waals surface area contributed by atoms with Crippen molar-refractivity contribution in [1.29, 1.82) is 0 Å². The number of hydrogen-bond donors (Lipinski definition) is 2. The van der Waals surface area contributed by atoms with Gasteiger partial charge in [-0.05, 0) is 24.0 Å². The Morgan fingerprint density at radius 2 is 1.70 bits per heavy atom. The van der Waals surface area contributed by atoms with Gasteiger partial charge in [0.05, 0.1) is 6.54 Å². The molecular formula is C14H19F3N2O. The van der Waals surface area contributed by atoms with Crippen LogP contribution in [0.4, 0.5) is 18.9 Å². The van der Waals surface area contributed by atoms with E-state index in [0.717, 1.165) is 29.7 Å². The van der Waals surface area contributed by atoms with E-state index < -0.39 is 18.6 Å². The first-order chi connectivity index (χ1) is 9.37. The molecule has 1 aromatic carbocycles. The Labute approximate surface area is 116 Å². The number of carbonyl (C=O) groups excluding carboxylic acids is 1. The minimum absolute atomic E-state index is 0.167. The van der Waals surface area contributed by atoms with Crippen LogP contribution in [0, 0.1) is 0 Å². The zero-order valence-electron chi connectivity index (χ0n) is 11.6. The minimum atomic E-state index is -4.38. The first-order valence-electron chi connectivity index (χ1n) is 6.55. The summed E-state index contributed by atoms with van der Waals surface area (Å²) >= 11 is 0. The second kappa shape index (κ2) is 7.17. The van der Waals surface area contributed by atoms with Gasteiger partial charge in [0.1, 0.15) is 6.54 Å². The monoisotopic (exact) mass is 288 g/mol. The molecule has 20 heavy (non-hydrogen) atoms. The van der Waals surface area contributed by atoms with Gasteiger partial charge in [0.25, 0.3) is 0 Å². The van der Waals surface area contributed by atoms with E-state index in [4.69, 9.17) is 0 Å². The molecule has 6 heteroatoms. The minimum Gasteiger partial charge on any atom is -0.376 e. The summed E-state index contributed by atoms with van der Waals surface area (Å²) in [5, 5.41) is 4.78. The van der Waals surface area contributed by atoms with Crippen LogP contribution in [0.25, 0.3) is 0 Å². The van der Waals surface area contributed by atoms with Gasteiger partial charge in [-0.3, -0.25) is 4.79 Å². The molecule has 0 radical (unpaired) electrons. The average Bonchev–Trinajstić information content (AvgIpc) is 2.41. The zero-order valence-corrected chi connectivity index (χ0v) is 11.6. The van der Waals surface area contributed by atoms with Crippen LogP contribution < -0.4 is 10.6 Å². The van der Waals surface area contributed by atoms with Gasteiger partial charge < -0.3 is 10.6 Å². The predicted octanol–water partition coefficient (Wildman–Crippen LogP) is 2.90. The van der Waals surface area contributed by atoms with Gasteiger partial charge in [-0.1, -0.05) is 32.0 Å². The number of anilines is 1. The Morgan fingerprint density at radius 1 is 1.15 bits per heavy atom. The van der Waals surface area contributed by atoms with Crippen molar-refractivity contribution in [2.45, 2.75) is 32.9 Å². The molecule has 1 rings (SSSR count). The van der Waals surface area contributed by atoms with Gasteiger partial charge in [-0.15, -0.1) is 0 Å². The number of benzene rings is 1. The van der Waals surface area contributed by atoms with E-state index in [1.54, 1.807) is 0 Å². The van der Waals surface area contributed by atoms with Crippen molar-refractivity contribution in [3.8, 4) is 0 Å². The molecule has 0 aliphatic rings. The molecule has 0 atom stereocenters. The summed E-state index contributed by atoms with van der Waals surface area (Å²) in [6.45, 7) is 2.51. The second-order valence-corrected chi connectivity index (χ2v) is 4.40. The normalized spacial score (nSPS) is 11.2. The molecule has 2 N–H and O–H groups in total. The Hall–Kier alpha value is -1.72. The van der Waals surface area contributed by atoms with Gasteiger partial charge in [-0.25, -0.2) is 0 Å². The summed E-state index contributed by atoms with van der Waals surface area (Å²) in [7, 11) is 0. The third kappa shape index (κ3) is 5.11. The van der Waals surface area contributed by atoms with E-state index in [1.165, 1.54) is 0 Å². The molecule has 0 saturated carbocycles. The van der Waals surface area contributed by atoms with Gasteiger partial charge in [0.15, 0.2) is 0 Å². The number of rotatable bonds is 6. The highest BCUT2D eigenvalue weighted by molar-refractivity contribution is 5.81. The number of alkyl halides is 3.